The van der Waals surface area contributed by atoms with Crippen LogP contribution in [0.5, 0.6) is 0 Å². The molecule has 0 radical (unpaired) electrons. The Morgan fingerprint density at radius 2 is 1.84 bits per heavy atom. The third-order valence-corrected chi connectivity index (χ3v) is 3.27. The molecule has 1 rings (SSSR count). The highest BCUT2D eigenvalue weighted by Gasteiger charge is 2.14. The lowest BCUT2D eigenvalue weighted by molar-refractivity contribution is 0.200. The van der Waals surface area contributed by atoms with Crippen LogP contribution in [-0.4, -0.2) is 36.8 Å². The van der Waals surface area contributed by atoms with Gasteiger partial charge in [0.2, 0.25) is 0 Å². The van der Waals surface area contributed by atoms with Gasteiger partial charge in [0.15, 0.2) is 0 Å². The fraction of sp³-hybridized carbons (Fsp3) is 0.733. The van der Waals surface area contributed by atoms with Crippen LogP contribution in [0.4, 0.5) is 0 Å². The Bertz CT molecular complexity index is 370. The van der Waals surface area contributed by atoms with E-state index in [9.17, 15) is 0 Å². The molecule has 4 heteroatoms. The molecule has 0 spiro atoms. The summed E-state index contributed by atoms with van der Waals surface area (Å²) in [6.45, 7) is 11.3. The van der Waals surface area contributed by atoms with Gasteiger partial charge >= 0.3 is 0 Å². The zero-order valence-electron chi connectivity index (χ0n) is 12.9. The van der Waals surface area contributed by atoms with Crippen LogP contribution in [0.3, 0.4) is 0 Å². The second kappa shape index (κ2) is 8.23. The molecule has 1 aromatic rings. The SMILES string of the molecule is CCCNCC(C)c1c(C)nc(CCOC)nc1C. The number of methoxy groups -OCH3 is 1. The molecule has 0 bridgehead atoms. The summed E-state index contributed by atoms with van der Waals surface area (Å²) in [4.78, 5) is 9.20. The summed E-state index contributed by atoms with van der Waals surface area (Å²) in [5, 5.41) is 3.46. The largest absolute Gasteiger partial charge is 0.384 e. The molecule has 0 aliphatic heterocycles. The molecule has 0 aliphatic rings. The zero-order valence-corrected chi connectivity index (χ0v) is 12.9. The molecule has 0 amide bonds. The quantitative estimate of drug-likeness (QED) is 0.733. The third-order valence-electron chi connectivity index (χ3n) is 3.27. The van der Waals surface area contributed by atoms with E-state index in [1.807, 2.05) is 0 Å². The molecule has 1 unspecified atom stereocenters. The summed E-state index contributed by atoms with van der Waals surface area (Å²) >= 11 is 0. The van der Waals surface area contributed by atoms with Crippen LogP contribution in [0.25, 0.3) is 0 Å². The number of nitrogens with zero attached hydrogens (tertiary/aromatic N) is 2. The van der Waals surface area contributed by atoms with Crippen molar-refractivity contribution in [3.8, 4) is 0 Å². The van der Waals surface area contributed by atoms with Gasteiger partial charge in [-0.3, -0.25) is 0 Å². The molecule has 0 aliphatic carbocycles. The molecule has 1 aromatic heterocycles. The Balaban J connectivity index is 2.78. The molecule has 1 N–H and O–H groups in total. The minimum absolute atomic E-state index is 0.447. The van der Waals surface area contributed by atoms with E-state index < -0.39 is 0 Å². The van der Waals surface area contributed by atoms with E-state index in [0.717, 1.165) is 43.1 Å². The number of hydrogen-bond donors (Lipinski definition) is 1. The van der Waals surface area contributed by atoms with Crippen molar-refractivity contribution in [2.24, 2.45) is 0 Å². The van der Waals surface area contributed by atoms with Crippen molar-refractivity contribution in [2.75, 3.05) is 26.8 Å². The van der Waals surface area contributed by atoms with Crippen molar-refractivity contribution in [2.45, 2.75) is 46.5 Å². The highest BCUT2D eigenvalue weighted by Crippen LogP contribution is 2.20. The number of nitrogens with one attached hydrogen (secondary N) is 1. The molecule has 1 atom stereocenters. The van der Waals surface area contributed by atoms with Gasteiger partial charge < -0.3 is 10.1 Å². The van der Waals surface area contributed by atoms with Crippen LogP contribution >= 0.6 is 0 Å². The number of hydrogen-bond acceptors (Lipinski definition) is 4. The van der Waals surface area contributed by atoms with Gasteiger partial charge in [-0.2, -0.15) is 0 Å². The molecule has 0 saturated heterocycles. The van der Waals surface area contributed by atoms with Gasteiger partial charge in [-0.1, -0.05) is 13.8 Å². The lowest BCUT2D eigenvalue weighted by atomic mass is 9.98. The molecule has 0 saturated carbocycles. The van der Waals surface area contributed by atoms with Crippen molar-refractivity contribution in [1.29, 1.82) is 0 Å². The summed E-state index contributed by atoms with van der Waals surface area (Å²) in [6, 6.07) is 0. The maximum absolute atomic E-state index is 5.08. The number of rotatable bonds is 8. The minimum atomic E-state index is 0.447. The van der Waals surface area contributed by atoms with E-state index in [2.05, 4.69) is 43.0 Å². The number of aromatic nitrogens is 2. The van der Waals surface area contributed by atoms with Crippen molar-refractivity contribution >= 4 is 0 Å². The first-order chi connectivity index (χ1) is 9.10. The summed E-state index contributed by atoms with van der Waals surface area (Å²) in [5.41, 5.74) is 3.48. The number of aryl methyl sites for hydroxylation is 2. The molecule has 0 fully saturated rings. The Hall–Kier alpha value is -1.00. The van der Waals surface area contributed by atoms with E-state index in [1.54, 1.807) is 7.11 Å². The monoisotopic (exact) mass is 265 g/mol. The molecule has 4 nitrogen and oxygen atoms in total. The topological polar surface area (TPSA) is 47.0 Å². The van der Waals surface area contributed by atoms with Crippen molar-refractivity contribution < 1.29 is 4.74 Å². The Morgan fingerprint density at radius 3 is 2.37 bits per heavy atom. The maximum Gasteiger partial charge on any atom is 0.131 e. The number of ether oxygens (including phenoxy) is 1. The first kappa shape index (κ1) is 16.1. The lowest BCUT2D eigenvalue weighted by Crippen LogP contribution is -2.22. The molecule has 1 heterocycles. The predicted molar refractivity (Wildman–Crippen MR) is 78.7 cm³/mol. The maximum atomic E-state index is 5.08. The van der Waals surface area contributed by atoms with Gasteiger partial charge in [-0.05, 0) is 38.3 Å². The van der Waals surface area contributed by atoms with Crippen molar-refractivity contribution in [3.63, 3.8) is 0 Å². The summed E-state index contributed by atoms with van der Waals surface area (Å²) < 4.78 is 5.08. The van der Waals surface area contributed by atoms with Gasteiger partial charge in [0.25, 0.3) is 0 Å². The first-order valence-corrected chi connectivity index (χ1v) is 7.13. The van der Waals surface area contributed by atoms with Crippen LogP contribution in [0, 0.1) is 13.8 Å². The lowest BCUT2D eigenvalue weighted by Gasteiger charge is -2.18. The molecule has 0 aromatic carbocycles. The van der Waals surface area contributed by atoms with Gasteiger partial charge in [0.1, 0.15) is 5.82 Å². The first-order valence-electron chi connectivity index (χ1n) is 7.13. The van der Waals surface area contributed by atoms with Gasteiger partial charge in [0, 0.05) is 31.5 Å². The Kier molecular flexibility index (Phi) is 6.95. The molecular formula is C15H27N3O. The highest BCUT2D eigenvalue weighted by atomic mass is 16.5. The van der Waals surface area contributed by atoms with Gasteiger partial charge in [-0.15, -0.1) is 0 Å². The second-order valence-corrected chi connectivity index (χ2v) is 5.07. The van der Waals surface area contributed by atoms with Crippen LogP contribution in [0.2, 0.25) is 0 Å². The normalized spacial score (nSPS) is 12.7. The van der Waals surface area contributed by atoms with E-state index in [1.165, 1.54) is 5.56 Å². The molecular weight excluding hydrogens is 238 g/mol. The van der Waals surface area contributed by atoms with Crippen LogP contribution in [0.1, 0.15) is 49.0 Å². The Labute approximate surface area is 117 Å². The second-order valence-electron chi connectivity index (χ2n) is 5.07. The molecule has 108 valence electrons. The Morgan fingerprint density at radius 1 is 1.21 bits per heavy atom. The zero-order chi connectivity index (χ0) is 14.3. The highest BCUT2D eigenvalue weighted by molar-refractivity contribution is 5.28. The van der Waals surface area contributed by atoms with E-state index in [-0.39, 0.29) is 0 Å². The van der Waals surface area contributed by atoms with Crippen LogP contribution < -0.4 is 5.32 Å². The summed E-state index contributed by atoms with van der Waals surface area (Å²) in [5.74, 6) is 1.33. The molecule has 19 heavy (non-hydrogen) atoms. The summed E-state index contributed by atoms with van der Waals surface area (Å²) in [7, 11) is 1.70. The van der Waals surface area contributed by atoms with Gasteiger partial charge in [0.05, 0.1) is 6.61 Å². The van der Waals surface area contributed by atoms with Gasteiger partial charge in [-0.25, -0.2) is 9.97 Å². The standard InChI is InChI=1S/C15H27N3O/c1-6-8-16-10-11(2)15-12(3)17-14(7-9-19-5)18-13(15)4/h11,16H,6-10H2,1-5H3. The van der Waals surface area contributed by atoms with E-state index in [4.69, 9.17) is 4.74 Å². The fourth-order valence-electron chi connectivity index (χ4n) is 2.41. The average Bonchev–Trinajstić information content (AvgIpc) is 2.36. The smallest absolute Gasteiger partial charge is 0.131 e. The third kappa shape index (κ3) is 4.88. The van der Waals surface area contributed by atoms with E-state index in [0.29, 0.717) is 12.5 Å². The average molecular weight is 265 g/mol. The summed E-state index contributed by atoms with van der Waals surface area (Å²) in [6.07, 6.45) is 1.94. The van der Waals surface area contributed by atoms with Crippen LogP contribution in [-0.2, 0) is 11.2 Å². The minimum Gasteiger partial charge on any atom is -0.384 e. The van der Waals surface area contributed by atoms with E-state index >= 15 is 0 Å². The fourth-order valence-corrected chi connectivity index (χ4v) is 2.41. The van der Waals surface area contributed by atoms with Crippen molar-refractivity contribution in [1.82, 2.24) is 15.3 Å². The van der Waals surface area contributed by atoms with Crippen molar-refractivity contribution in [3.05, 3.63) is 22.8 Å². The van der Waals surface area contributed by atoms with Crippen LogP contribution in [0.15, 0.2) is 0 Å². The predicted octanol–water partition coefficient (Wildman–Crippen LogP) is 2.39.